The zero-order chi connectivity index (χ0) is 27.0. The van der Waals surface area contributed by atoms with E-state index in [0.29, 0.717) is 37.9 Å². The number of rotatable bonds is 11. The third-order valence-electron chi connectivity index (χ3n) is 8.02. The molecule has 2 aromatic carbocycles. The highest BCUT2D eigenvalue weighted by Crippen LogP contribution is 2.34. The number of piperidine rings is 1. The molecule has 7 heteroatoms. The lowest BCUT2D eigenvalue weighted by Crippen LogP contribution is -2.72. The van der Waals surface area contributed by atoms with Gasteiger partial charge in [-0.25, -0.2) is 0 Å². The summed E-state index contributed by atoms with van der Waals surface area (Å²) in [6, 6.07) is 17.5. The number of carbonyl (C=O) groups excluding carboxylic acids is 3. The van der Waals surface area contributed by atoms with Crippen molar-refractivity contribution in [1.82, 2.24) is 20.4 Å². The quantitative estimate of drug-likeness (QED) is 0.445. The fourth-order valence-electron chi connectivity index (χ4n) is 5.68. The Bertz CT molecular complexity index is 1080. The average Bonchev–Trinajstić information content (AvgIpc) is 2.94. The number of nitrogens with zero attached hydrogens (tertiary/aromatic N) is 2. The van der Waals surface area contributed by atoms with Gasteiger partial charge in [0.2, 0.25) is 11.8 Å². The fourth-order valence-corrected chi connectivity index (χ4v) is 5.68. The van der Waals surface area contributed by atoms with E-state index in [1.54, 1.807) is 0 Å². The molecule has 3 amide bonds. The Labute approximate surface area is 227 Å². The molecule has 2 N–H and O–H groups in total. The minimum Gasteiger partial charge on any atom is -0.352 e. The van der Waals surface area contributed by atoms with Gasteiger partial charge in [-0.05, 0) is 69.6 Å². The van der Waals surface area contributed by atoms with Crippen LogP contribution in [0.5, 0.6) is 0 Å². The van der Waals surface area contributed by atoms with Gasteiger partial charge in [0.25, 0.3) is 5.91 Å². The molecule has 7 nitrogen and oxygen atoms in total. The van der Waals surface area contributed by atoms with E-state index in [4.69, 9.17) is 0 Å². The molecular weight excluding hydrogens is 476 g/mol. The summed E-state index contributed by atoms with van der Waals surface area (Å²) in [6.45, 7) is 7.81. The van der Waals surface area contributed by atoms with Gasteiger partial charge in [-0.3, -0.25) is 14.4 Å². The smallest absolute Gasteiger partial charge is 0.251 e. The molecule has 38 heavy (non-hydrogen) atoms. The maximum atomic E-state index is 13.5. The molecule has 2 heterocycles. The highest BCUT2D eigenvalue weighted by molar-refractivity contribution is 6.00. The second kappa shape index (κ2) is 13.1. The lowest BCUT2D eigenvalue weighted by atomic mass is 9.81. The Morgan fingerprint density at radius 2 is 1.71 bits per heavy atom. The lowest BCUT2D eigenvalue weighted by Gasteiger charge is -2.51. The number of benzene rings is 2. The van der Waals surface area contributed by atoms with E-state index in [1.165, 1.54) is 5.56 Å². The van der Waals surface area contributed by atoms with Crippen molar-refractivity contribution >= 4 is 17.7 Å². The predicted molar refractivity (Wildman–Crippen MR) is 150 cm³/mol. The van der Waals surface area contributed by atoms with E-state index in [-0.39, 0.29) is 17.7 Å². The molecule has 1 atom stereocenters. The van der Waals surface area contributed by atoms with Crippen molar-refractivity contribution in [3.8, 4) is 0 Å². The van der Waals surface area contributed by atoms with Crippen molar-refractivity contribution in [2.24, 2.45) is 0 Å². The van der Waals surface area contributed by atoms with Crippen molar-refractivity contribution in [3.63, 3.8) is 0 Å². The number of hydrogen-bond acceptors (Lipinski definition) is 4. The molecule has 1 spiro atoms. The van der Waals surface area contributed by atoms with Gasteiger partial charge in [-0.2, -0.15) is 0 Å². The molecule has 0 bridgehead atoms. The first-order valence-electron chi connectivity index (χ1n) is 14.2. The third kappa shape index (κ3) is 6.62. The van der Waals surface area contributed by atoms with Crippen LogP contribution in [0.1, 0.15) is 66.9 Å². The molecule has 0 radical (unpaired) electrons. The van der Waals surface area contributed by atoms with Gasteiger partial charge in [0, 0.05) is 38.3 Å². The van der Waals surface area contributed by atoms with Crippen LogP contribution in [0.15, 0.2) is 54.6 Å². The van der Waals surface area contributed by atoms with Crippen LogP contribution in [-0.4, -0.2) is 71.8 Å². The number of carbonyl (C=O) groups is 3. The van der Waals surface area contributed by atoms with Gasteiger partial charge in [0.15, 0.2) is 0 Å². The van der Waals surface area contributed by atoms with E-state index < -0.39 is 11.6 Å². The molecule has 2 aromatic rings. The normalized spacial score (nSPS) is 19.4. The van der Waals surface area contributed by atoms with Crippen LogP contribution in [0.3, 0.4) is 0 Å². The molecule has 0 aliphatic carbocycles. The van der Waals surface area contributed by atoms with Crippen LogP contribution in [-0.2, 0) is 16.0 Å². The highest BCUT2D eigenvalue weighted by Gasteiger charge is 2.52. The third-order valence-corrected chi connectivity index (χ3v) is 8.02. The standard InChI is InChI=1S/C31H42N4O3/c1-3-20-35-29(37)27(11-7-8-19-32-28(36)26-14-12-24(2)13-15-26)33-30(38)31(35)17-22-34(23-18-31)21-16-25-9-5-4-6-10-25/h4-6,9-10,12-15,27H,3,7-8,11,16-23H2,1-2H3,(H,32,36)(H,33,38)/t27-/m0/s1. The summed E-state index contributed by atoms with van der Waals surface area (Å²) >= 11 is 0. The number of aryl methyl sites for hydroxylation is 1. The number of hydrogen-bond donors (Lipinski definition) is 2. The first kappa shape index (κ1) is 27.8. The summed E-state index contributed by atoms with van der Waals surface area (Å²) in [5, 5.41) is 6.03. The molecule has 2 saturated heterocycles. The molecule has 204 valence electrons. The van der Waals surface area contributed by atoms with Crippen LogP contribution >= 0.6 is 0 Å². The Hall–Kier alpha value is -3.19. The van der Waals surface area contributed by atoms with Crippen molar-refractivity contribution in [2.45, 2.75) is 70.4 Å². The van der Waals surface area contributed by atoms with Crippen molar-refractivity contribution in [2.75, 3.05) is 32.7 Å². The molecule has 0 aromatic heterocycles. The van der Waals surface area contributed by atoms with Crippen LogP contribution in [0.2, 0.25) is 0 Å². The molecule has 2 fully saturated rings. The van der Waals surface area contributed by atoms with E-state index in [2.05, 4.69) is 46.7 Å². The highest BCUT2D eigenvalue weighted by atomic mass is 16.2. The van der Waals surface area contributed by atoms with E-state index in [0.717, 1.165) is 50.9 Å². The number of amides is 3. The first-order chi connectivity index (χ1) is 18.4. The predicted octanol–water partition coefficient (Wildman–Crippen LogP) is 3.71. The molecule has 0 saturated carbocycles. The second-order valence-corrected chi connectivity index (χ2v) is 10.7. The lowest BCUT2D eigenvalue weighted by molar-refractivity contribution is -0.161. The zero-order valence-electron chi connectivity index (χ0n) is 22.9. The van der Waals surface area contributed by atoms with Crippen molar-refractivity contribution < 1.29 is 14.4 Å². The number of likely N-dealkylation sites (tertiary alicyclic amines) is 1. The van der Waals surface area contributed by atoms with Gasteiger partial charge < -0.3 is 20.4 Å². The summed E-state index contributed by atoms with van der Waals surface area (Å²) in [4.78, 5) is 43.6. The van der Waals surface area contributed by atoms with E-state index in [1.807, 2.05) is 42.2 Å². The monoisotopic (exact) mass is 518 g/mol. The Balaban J connectivity index is 1.25. The molecule has 2 aliphatic heterocycles. The minimum atomic E-state index is -0.727. The summed E-state index contributed by atoms with van der Waals surface area (Å²) in [5.41, 5.74) is 2.36. The van der Waals surface area contributed by atoms with Crippen molar-refractivity contribution in [1.29, 1.82) is 0 Å². The molecule has 2 aliphatic rings. The van der Waals surface area contributed by atoms with E-state index >= 15 is 0 Å². The second-order valence-electron chi connectivity index (χ2n) is 10.7. The molecule has 4 rings (SSSR count). The largest absolute Gasteiger partial charge is 0.352 e. The Morgan fingerprint density at radius 1 is 1.00 bits per heavy atom. The first-order valence-corrected chi connectivity index (χ1v) is 14.2. The number of unbranched alkanes of at least 4 members (excludes halogenated alkanes) is 1. The molecule has 0 unspecified atom stereocenters. The number of piperazine rings is 1. The molecular formula is C31H42N4O3. The maximum Gasteiger partial charge on any atom is 0.251 e. The van der Waals surface area contributed by atoms with E-state index in [9.17, 15) is 14.4 Å². The summed E-state index contributed by atoms with van der Waals surface area (Å²) < 4.78 is 0. The zero-order valence-corrected chi connectivity index (χ0v) is 22.9. The Kier molecular flexibility index (Phi) is 9.56. The van der Waals surface area contributed by atoms with Crippen LogP contribution in [0.4, 0.5) is 0 Å². The van der Waals surface area contributed by atoms with Crippen LogP contribution < -0.4 is 10.6 Å². The summed E-state index contributed by atoms with van der Waals surface area (Å²) in [6.07, 6.45) is 5.28. The van der Waals surface area contributed by atoms with Gasteiger partial charge in [0.1, 0.15) is 11.6 Å². The minimum absolute atomic E-state index is 0.00549. The number of nitrogens with one attached hydrogen (secondary N) is 2. The summed E-state index contributed by atoms with van der Waals surface area (Å²) in [7, 11) is 0. The van der Waals surface area contributed by atoms with Crippen LogP contribution in [0, 0.1) is 6.92 Å². The Morgan fingerprint density at radius 3 is 2.39 bits per heavy atom. The average molecular weight is 519 g/mol. The van der Waals surface area contributed by atoms with Crippen molar-refractivity contribution in [3.05, 3.63) is 71.3 Å². The topological polar surface area (TPSA) is 81.8 Å². The van der Waals surface area contributed by atoms with Crippen LogP contribution in [0.25, 0.3) is 0 Å². The maximum absolute atomic E-state index is 13.5. The van der Waals surface area contributed by atoms with Gasteiger partial charge in [-0.1, -0.05) is 55.0 Å². The van der Waals surface area contributed by atoms with Gasteiger partial charge in [-0.15, -0.1) is 0 Å². The summed E-state index contributed by atoms with van der Waals surface area (Å²) in [5.74, 6) is -0.0305. The van der Waals surface area contributed by atoms with Gasteiger partial charge in [0.05, 0.1) is 0 Å². The SMILES string of the molecule is CCCN1C(=O)[C@H](CCCCNC(=O)c2ccc(C)cc2)NC(=O)C12CCN(CCc1ccccc1)CC2. The van der Waals surface area contributed by atoms with Gasteiger partial charge >= 0.3 is 0 Å². The fraction of sp³-hybridized carbons (Fsp3) is 0.516.